The Morgan fingerprint density at radius 1 is 1.08 bits per heavy atom. The number of likely N-dealkylation sites (tertiary alicyclic amines) is 1. The first kappa shape index (κ1) is 16.7. The van der Waals surface area contributed by atoms with Crippen molar-refractivity contribution < 1.29 is 14.3 Å². The summed E-state index contributed by atoms with van der Waals surface area (Å²) in [6, 6.07) is 17.8. The van der Waals surface area contributed by atoms with Gasteiger partial charge in [0.25, 0.3) is 5.91 Å². The lowest BCUT2D eigenvalue weighted by atomic mass is 9.72. The highest BCUT2D eigenvalue weighted by Gasteiger charge is 2.66. The highest BCUT2D eigenvalue weighted by atomic mass is 19.1. The van der Waals surface area contributed by atoms with Crippen molar-refractivity contribution in [3.05, 3.63) is 71.8 Å². The Balaban J connectivity index is 1.96. The van der Waals surface area contributed by atoms with Gasteiger partial charge in [-0.05, 0) is 17.0 Å². The average molecular weight is 327 g/mol. The molecular weight excluding hydrogens is 305 g/mol. The Morgan fingerprint density at radius 3 is 2.17 bits per heavy atom. The van der Waals surface area contributed by atoms with Gasteiger partial charge in [-0.3, -0.25) is 4.79 Å². The molecule has 1 N–H and O–H groups in total. The third-order valence-electron chi connectivity index (χ3n) is 4.67. The number of alkyl halides is 1. The number of carbonyl (C=O) groups excluding carboxylic acids is 1. The van der Waals surface area contributed by atoms with E-state index in [1.165, 1.54) is 4.90 Å². The zero-order valence-electron chi connectivity index (χ0n) is 13.9. The molecule has 3 rings (SSSR count). The molecular formula is C20H22FNO2. The third-order valence-corrected chi connectivity index (χ3v) is 4.67. The van der Waals surface area contributed by atoms with Crippen molar-refractivity contribution in [1.29, 1.82) is 0 Å². The molecule has 2 aromatic carbocycles. The number of amides is 1. The van der Waals surface area contributed by atoms with Gasteiger partial charge in [0.2, 0.25) is 5.67 Å². The minimum Gasteiger partial charge on any atom is -0.389 e. The molecule has 126 valence electrons. The van der Waals surface area contributed by atoms with E-state index in [-0.39, 0.29) is 5.92 Å². The average Bonchev–Trinajstić information content (AvgIpc) is 2.61. The molecule has 3 nitrogen and oxygen atoms in total. The first-order valence-corrected chi connectivity index (χ1v) is 8.23. The van der Waals surface area contributed by atoms with Crippen LogP contribution in [0.4, 0.5) is 4.39 Å². The van der Waals surface area contributed by atoms with Crippen molar-refractivity contribution in [2.24, 2.45) is 5.92 Å². The first-order valence-electron chi connectivity index (χ1n) is 8.23. The van der Waals surface area contributed by atoms with Crippen LogP contribution >= 0.6 is 0 Å². The van der Waals surface area contributed by atoms with E-state index in [0.717, 1.165) is 5.56 Å². The van der Waals surface area contributed by atoms with Crippen LogP contribution in [0.5, 0.6) is 0 Å². The van der Waals surface area contributed by atoms with Crippen LogP contribution in [-0.4, -0.2) is 27.7 Å². The van der Waals surface area contributed by atoms with E-state index in [2.05, 4.69) is 0 Å². The molecule has 0 aromatic heterocycles. The summed E-state index contributed by atoms with van der Waals surface area (Å²) in [5.41, 5.74) is -0.632. The zero-order chi connectivity index (χ0) is 17.3. The molecule has 2 aromatic rings. The maximum Gasteiger partial charge on any atom is 0.266 e. The third kappa shape index (κ3) is 2.61. The number of hydrogen-bond donors (Lipinski definition) is 1. The summed E-state index contributed by atoms with van der Waals surface area (Å²) < 4.78 is 15.6. The SMILES string of the molecule is CC(C)C(O)[C@]1(F)C(=O)N(Cc2ccccc2)[C@H]1c1ccccc1. The maximum atomic E-state index is 15.6. The maximum absolute atomic E-state index is 15.6. The summed E-state index contributed by atoms with van der Waals surface area (Å²) >= 11 is 0. The van der Waals surface area contributed by atoms with E-state index in [1.54, 1.807) is 26.0 Å². The molecule has 24 heavy (non-hydrogen) atoms. The number of carbonyl (C=O) groups is 1. The molecule has 0 aliphatic carbocycles. The van der Waals surface area contributed by atoms with Gasteiger partial charge < -0.3 is 10.0 Å². The van der Waals surface area contributed by atoms with Crippen LogP contribution in [0.2, 0.25) is 0 Å². The minimum absolute atomic E-state index is 0.329. The standard InChI is InChI=1S/C20H22FNO2/c1-14(2)18(23)20(21)17(16-11-7-4-8-12-16)22(19(20)24)13-15-9-5-3-6-10-15/h3-12,14,17-18,23H,13H2,1-2H3/t17-,18?,20-/m0/s1. The highest BCUT2D eigenvalue weighted by Crippen LogP contribution is 2.50. The Morgan fingerprint density at radius 2 is 1.62 bits per heavy atom. The number of β-lactam (4-membered cyclic amide) rings is 1. The van der Waals surface area contributed by atoms with E-state index < -0.39 is 23.7 Å². The van der Waals surface area contributed by atoms with Crippen molar-refractivity contribution in [3.8, 4) is 0 Å². The lowest BCUT2D eigenvalue weighted by molar-refractivity contribution is -0.200. The van der Waals surface area contributed by atoms with Crippen molar-refractivity contribution in [1.82, 2.24) is 4.90 Å². The van der Waals surface area contributed by atoms with Gasteiger partial charge in [0.05, 0.1) is 0 Å². The minimum atomic E-state index is -2.27. The summed E-state index contributed by atoms with van der Waals surface area (Å²) in [5, 5.41) is 10.4. The Bertz CT molecular complexity index is 704. The van der Waals surface area contributed by atoms with Crippen LogP contribution in [0.25, 0.3) is 0 Å². The molecule has 1 heterocycles. The smallest absolute Gasteiger partial charge is 0.266 e. The summed E-state index contributed by atoms with van der Waals surface area (Å²) in [6.45, 7) is 3.78. The van der Waals surface area contributed by atoms with E-state index in [4.69, 9.17) is 0 Å². The van der Waals surface area contributed by atoms with Crippen LogP contribution in [-0.2, 0) is 11.3 Å². The van der Waals surface area contributed by atoms with Crippen molar-refractivity contribution in [2.75, 3.05) is 0 Å². The second kappa shape index (κ2) is 6.36. The van der Waals surface area contributed by atoms with Crippen LogP contribution in [0.1, 0.15) is 31.0 Å². The molecule has 1 amide bonds. The van der Waals surface area contributed by atoms with Crippen molar-refractivity contribution in [2.45, 2.75) is 38.2 Å². The van der Waals surface area contributed by atoms with E-state index >= 15 is 4.39 Å². The summed E-state index contributed by atoms with van der Waals surface area (Å²) in [6.07, 6.45) is -1.33. The second-order valence-corrected chi connectivity index (χ2v) is 6.69. The lowest BCUT2D eigenvalue weighted by Crippen LogP contribution is -2.71. The van der Waals surface area contributed by atoms with Crippen LogP contribution in [0.3, 0.4) is 0 Å². The van der Waals surface area contributed by atoms with E-state index in [1.807, 2.05) is 48.5 Å². The molecule has 1 fully saturated rings. The van der Waals surface area contributed by atoms with Gasteiger partial charge in [-0.2, -0.15) is 0 Å². The van der Waals surface area contributed by atoms with Gasteiger partial charge in [-0.15, -0.1) is 0 Å². The van der Waals surface area contributed by atoms with Gasteiger partial charge in [-0.25, -0.2) is 4.39 Å². The molecule has 1 aliphatic heterocycles. The van der Waals surface area contributed by atoms with Crippen LogP contribution in [0.15, 0.2) is 60.7 Å². The zero-order valence-corrected chi connectivity index (χ0v) is 13.9. The molecule has 4 heteroatoms. The molecule has 3 atom stereocenters. The summed E-state index contributed by atoms with van der Waals surface area (Å²) in [5.74, 6) is -0.981. The Kier molecular flexibility index (Phi) is 4.41. The van der Waals surface area contributed by atoms with Gasteiger partial charge in [0.15, 0.2) is 0 Å². The largest absolute Gasteiger partial charge is 0.389 e. The number of aliphatic hydroxyl groups is 1. The molecule has 1 saturated heterocycles. The fourth-order valence-electron chi connectivity index (χ4n) is 3.39. The van der Waals surface area contributed by atoms with Crippen molar-refractivity contribution >= 4 is 5.91 Å². The van der Waals surface area contributed by atoms with Gasteiger partial charge >= 0.3 is 0 Å². The van der Waals surface area contributed by atoms with Gasteiger partial charge in [0, 0.05) is 6.54 Å². The number of benzene rings is 2. The van der Waals surface area contributed by atoms with Crippen molar-refractivity contribution in [3.63, 3.8) is 0 Å². The number of rotatable bonds is 5. The monoisotopic (exact) mass is 327 g/mol. The predicted molar refractivity (Wildman–Crippen MR) is 90.9 cm³/mol. The van der Waals surface area contributed by atoms with E-state index in [0.29, 0.717) is 12.1 Å². The quantitative estimate of drug-likeness (QED) is 0.854. The number of aliphatic hydroxyl groups excluding tert-OH is 1. The Hall–Kier alpha value is -2.20. The predicted octanol–water partition coefficient (Wildman–Crippen LogP) is 3.50. The fourth-order valence-corrected chi connectivity index (χ4v) is 3.39. The molecule has 0 spiro atoms. The second-order valence-electron chi connectivity index (χ2n) is 6.69. The van der Waals surface area contributed by atoms with Gasteiger partial charge in [0.1, 0.15) is 12.1 Å². The normalized spacial score (nSPS) is 24.8. The number of nitrogens with zero attached hydrogens (tertiary/aromatic N) is 1. The first-order chi connectivity index (χ1) is 11.5. The Labute approximate surface area is 141 Å². The molecule has 0 radical (unpaired) electrons. The fraction of sp³-hybridized carbons (Fsp3) is 0.350. The van der Waals surface area contributed by atoms with Crippen LogP contribution < -0.4 is 0 Å². The van der Waals surface area contributed by atoms with E-state index in [9.17, 15) is 9.90 Å². The summed E-state index contributed by atoms with van der Waals surface area (Å²) in [7, 11) is 0. The number of hydrogen-bond acceptors (Lipinski definition) is 2. The lowest BCUT2D eigenvalue weighted by Gasteiger charge is -2.54. The topological polar surface area (TPSA) is 40.5 Å². The molecule has 0 saturated carbocycles. The highest BCUT2D eigenvalue weighted by molar-refractivity contribution is 5.94. The van der Waals surface area contributed by atoms with Crippen LogP contribution in [0, 0.1) is 5.92 Å². The summed E-state index contributed by atoms with van der Waals surface area (Å²) in [4.78, 5) is 14.1. The number of halogens is 1. The molecule has 0 bridgehead atoms. The van der Waals surface area contributed by atoms with Gasteiger partial charge in [-0.1, -0.05) is 74.5 Å². The molecule has 1 unspecified atom stereocenters. The molecule has 1 aliphatic rings.